The molecule has 1 rings (SSSR count). The number of hydrogen-bond acceptors (Lipinski definition) is 3. The average Bonchev–Trinajstić information content (AvgIpc) is 2.30. The second kappa shape index (κ2) is 6.37. The van der Waals surface area contributed by atoms with Crippen LogP contribution in [0.5, 0.6) is 0 Å². The summed E-state index contributed by atoms with van der Waals surface area (Å²) >= 11 is 0. The van der Waals surface area contributed by atoms with E-state index in [4.69, 9.17) is 10.5 Å². The van der Waals surface area contributed by atoms with Crippen molar-refractivity contribution in [3.63, 3.8) is 0 Å². The molecule has 1 amide bonds. The van der Waals surface area contributed by atoms with Crippen LogP contribution in [-0.4, -0.2) is 24.7 Å². The number of hydrogen-bond donors (Lipinski definition) is 2. The molecular formula is C13H20N2O2. The van der Waals surface area contributed by atoms with Gasteiger partial charge < -0.3 is 15.8 Å². The molecule has 0 aliphatic rings. The summed E-state index contributed by atoms with van der Waals surface area (Å²) in [7, 11) is 0. The first kappa shape index (κ1) is 13.7. The van der Waals surface area contributed by atoms with Gasteiger partial charge in [-0.25, -0.2) is 0 Å². The van der Waals surface area contributed by atoms with Crippen LogP contribution in [0.15, 0.2) is 30.3 Å². The lowest BCUT2D eigenvalue weighted by atomic mass is 10.0. The van der Waals surface area contributed by atoms with E-state index in [2.05, 4.69) is 5.32 Å². The smallest absolute Gasteiger partial charge is 0.250 e. The van der Waals surface area contributed by atoms with E-state index in [0.29, 0.717) is 6.61 Å². The van der Waals surface area contributed by atoms with Gasteiger partial charge in [0.05, 0.1) is 6.61 Å². The van der Waals surface area contributed by atoms with Crippen LogP contribution in [0.2, 0.25) is 0 Å². The molecule has 0 saturated carbocycles. The molecule has 1 aromatic carbocycles. The lowest BCUT2D eigenvalue weighted by Crippen LogP contribution is -2.41. The molecule has 17 heavy (non-hydrogen) atoms. The number of nitrogens with two attached hydrogens (primary N) is 1. The fraction of sp³-hybridized carbons (Fsp3) is 0.462. The summed E-state index contributed by atoms with van der Waals surface area (Å²) in [6.07, 6.45) is 0.813. The monoisotopic (exact) mass is 236 g/mol. The second-order valence-corrected chi connectivity index (χ2v) is 4.41. The van der Waals surface area contributed by atoms with Crippen LogP contribution in [0, 0.1) is 0 Å². The first-order chi connectivity index (χ1) is 8.03. The highest BCUT2D eigenvalue weighted by molar-refractivity contribution is 5.91. The Bertz CT molecular complexity index is 350. The molecule has 0 aliphatic carbocycles. The third-order valence-corrected chi connectivity index (χ3v) is 2.53. The number of nitrogens with one attached hydrogen (secondary N) is 1. The molecule has 3 N–H and O–H groups in total. The molecule has 0 heterocycles. The number of amides is 1. The average molecular weight is 236 g/mol. The minimum absolute atomic E-state index is 0.0294. The zero-order chi connectivity index (χ0) is 12.7. The van der Waals surface area contributed by atoms with Crippen molar-refractivity contribution in [1.29, 1.82) is 0 Å². The Morgan fingerprint density at radius 2 is 2.06 bits per heavy atom. The maximum Gasteiger partial charge on any atom is 0.250 e. The van der Waals surface area contributed by atoms with Gasteiger partial charge in [-0.1, -0.05) is 25.1 Å². The molecule has 4 nitrogen and oxygen atoms in total. The molecule has 0 saturated heterocycles. The molecule has 0 radical (unpaired) electrons. The van der Waals surface area contributed by atoms with Gasteiger partial charge in [0.15, 0.2) is 0 Å². The maximum absolute atomic E-state index is 11.5. The standard InChI is InChI=1S/C13H20N2O2/c1-3-13(2,14)10-17-9-12(16)15-11-7-5-4-6-8-11/h4-8H,3,9-10,14H2,1-2H3,(H,15,16). The SMILES string of the molecule is CCC(C)(N)COCC(=O)Nc1ccccc1. The molecule has 0 spiro atoms. The normalized spacial score (nSPS) is 14.1. The number of carbonyl (C=O) groups is 1. The summed E-state index contributed by atoms with van der Waals surface area (Å²) in [5.74, 6) is -0.164. The summed E-state index contributed by atoms with van der Waals surface area (Å²) in [4.78, 5) is 11.5. The fourth-order valence-corrected chi connectivity index (χ4v) is 1.20. The Balaban J connectivity index is 2.27. The quantitative estimate of drug-likeness (QED) is 0.791. The van der Waals surface area contributed by atoms with Crippen LogP contribution in [0.4, 0.5) is 5.69 Å². The van der Waals surface area contributed by atoms with Gasteiger partial charge in [-0.05, 0) is 25.5 Å². The first-order valence-electron chi connectivity index (χ1n) is 5.75. The zero-order valence-electron chi connectivity index (χ0n) is 10.4. The summed E-state index contributed by atoms with van der Waals surface area (Å²) in [5.41, 5.74) is 6.30. The molecule has 0 fully saturated rings. The van der Waals surface area contributed by atoms with Crippen LogP contribution in [0.1, 0.15) is 20.3 Å². The van der Waals surface area contributed by atoms with E-state index in [-0.39, 0.29) is 18.1 Å². The molecule has 0 aromatic heterocycles. The van der Waals surface area contributed by atoms with Gasteiger partial charge in [0.25, 0.3) is 0 Å². The van der Waals surface area contributed by atoms with Crippen molar-refractivity contribution < 1.29 is 9.53 Å². The van der Waals surface area contributed by atoms with Gasteiger partial charge in [-0.2, -0.15) is 0 Å². The largest absolute Gasteiger partial charge is 0.370 e. The van der Waals surface area contributed by atoms with Crippen molar-refractivity contribution in [2.24, 2.45) is 5.73 Å². The molecule has 1 atom stereocenters. The van der Waals surface area contributed by atoms with E-state index in [1.807, 2.05) is 44.2 Å². The van der Waals surface area contributed by atoms with Crippen molar-refractivity contribution in [3.05, 3.63) is 30.3 Å². The predicted octanol–water partition coefficient (Wildman–Crippen LogP) is 1.77. The van der Waals surface area contributed by atoms with Gasteiger partial charge in [0, 0.05) is 11.2 Å². The van der Waals surface area contributed by atoms with Crippen molar-refractivity contribution in [2.75, 3.05) is 18.5 Å². The summed E-state index contributed by atoms with van der Waals surface area (Å²) in [6.45, 7) is 4.31. The van der Waals surface area contributed by atoms with Crippen molar-refractivity contribution >= 4 is 11.6 Å². The summed E-state index contributed by atoms with van der Waals surface area (Å²) in [6, 6.07) is 9.29. The van der Waals surface area contributed by atoms with E-state index in [1.165, 1.54) is 0 Å². The molecule has 0 aliphatic heterocycles. The van der Waals surface area contributed by atoms with Gasteiger partial charge >= 0.3 is 0 Å². The molecule has 1 aromatic rings. The number of benzene rings is 1. The highest BCUT2D eigenvalue weighted by atomic mass is 16.5. The number of ether oxygens (including phenoxy) is 1. The minimum Gasteiger partial charge on any atom is -0.370 e. The van der Waals surface area contributed by atoms with E-state index in [0.717, 1.165) is 12.1 Å². The van der Waals surface area contributed by atoms with Crippen molar-refractivity contribution in [2.45, 2.75) is 25.8 Å². The topological polar surface area (TPSA) is 64.3 Å². The van der Waals surface area contributed by atoms with Crippen molar-refractivity contribution in [3.8, 4) is 0 Å². The van der Waals surface area contributed by atoms with Gasteiger partial charge in [0.1, 0.15) is 6.61 Å². The van der Waals surface area contributed by atoms with Crippen LogP contribution >= 0.6 is 0 Å². The zero-order valence-corrected chi connectivity index (χ0v) is 10.4. The Hall–Kier alpha value is -1.39. The second-order valence-electron chi connectivity index (χ2n) is 4.41. The van der Waals surface area contributed by atoms with E-state index >= 15 is 0 Å². The van der Waals surface area contributed by atoms with Gasteiger partial charge in [0.2, 0.25) is 5.91 Å². The number of anilines is 1. The van der Waals surface area contributed by atoms with E-state index < -0.39 is 0 Å². The minimum atomic E-state index is -0.368. The molecule has 4 heteroatoms. The predicted molar refractivity (Wildman–Crippen MR) is 68.8 cm³/mol. The number of rotatable bonds is 6. The highest BCUT2D eigenvalue weighted by Gasteiger charge is 2.16. The van der Waals surface area contributed by atoms with E-state index in [9.17, 15) is 4.79 Å². The summed E-state index contributed by atoms with van der Waals surface area (Å²) < 4.78 is 5.29. The lowest BCUT2D eigenvalue weighted by molar-refractivity contribution is -0.121. The third-order valence-electron chi connectivity index (χ3n) is 2.53. The summed E-state index contributed by atoms with van der Waals surface area (Å²) in [5, 5.41) is 2.74. The Morgan fingerprint density at radius 1 is 1.41 bits per heavy atom. The van der Waals surface area contributed by atoms with E-state index in [1.54, 1.807) is 0 Å². The number of carbonyl (C=O) groups excluding carboxylic acids is 1. The van der Waals surface area contributed by atoms with Crippen LogP contribution in [0.25, 0.3) is 0 Å². The lowest BCUT2D eigenvalue weighted by Gasteiger charge is -2.22. The fourth-order valence-electron chi connectivity index (χ4n) is 1.20. The van der Waals surface area contributed by atoms with Crippen LogP contribution in [0.3, 0.4) is 0 Å². The van der Waals surface area contributed by atoms with Crippen LogP contribution in [-0.2, 0) is 9.53 Å². The van der Waals surface area contributed by atoms with Crippen molar-refractivity contribution in [1.82, 2.24) is 0 Å². The number of para-hydroxylation sites is 1. The molecule has 0 bridgehead atoms. The maximum atomic E-state index is 11.5. The molecule has 94 valence electrons. The molecular weight excluding hydrogens is 216 g/mol. The van der Waals surface area contributed by atoms with Gasteiger partial charge in [-0.3, -0.25) is 4.79 Å². The van der Waals surface area contributed by atoms with Crippen LogP contribution < -0.4 is 11.1 Å². The third kappa shape index (κ3) is 5.47. The van der Waals surface area contributed by atoms with Gasteiger partial charge in [-0.15, -0.1) is 0 Å². The highest BCUT2D eigenvalue weighted by Crippen LogP contribution is 2.06. The molecule has 1 unspecified atom stereocenters. The Kier molecular flexibility index (Phi) is 5.12. The Labute approximate surface area is 102 Å². The Morgan fingerprint density at radius 3 is 2.65 bits per heavy atom. The first-order valence-corrected chi connectivity index (χ1v) is 5.75.